The van der Waals surface area contributed by atoms with Crippen molar-refractivity contribution in [3.8, 4) is 22.6 Å². The summed E-state index contributed by atoms with van der Waals surface area (Å²) in [6.45, 7) is 1.06. The molecule has 0 aliphatic carbocycles. The molecule has 1 N–H and O–H groups in total. The molecular formula is C22H19N3O4. The quantitative estimate of drug-likeness (QED) is 0.268. The van der Waals surface area contributed by atoms with Crippen molar-refractivity contribution >= 4 is 22.5 Å². The molecule has 0 unspecified atom stereocenters. The summed E-state index contributed by atoms with van der Waals surface area (Å²) in [6.07, 6.45) is 0. The Bertz CT molecular complexity index is 1160. The summed E-state index contributed by atoms with van der Waals surface area (Å²) in [5.41, 5.74) is 4.62. The van der Waals surface area contributed by atoms with E-state index in [1.807, 2.05) is 48.5 Å². The lowest BCUT2D eigenvalue weighted by atomic mass is 10.1. The maximum atomic E-state index is 11.2. The number of non-ortho nitro benzene ring substituents is 1. The number of oxazole rings is 1. The monoisotopic (exact) mass is 389 g/mol. The molecule has 0 saturated carbocycles. The second-order valence-electron chi connectivity index (χ2n) is 6.47. The molecule has 0 aliphatic rings. The minimum atomic E-state index is -0.432. The van der Waals surface area contributed by atoms with Gasteiger partial charge in [0.15, 0.2) is 5.58 Å². The van der Waals surface area contributed by atoms with Gasteiger partial charge in [0.05, 0.1) is 17.1 Å². The highest BCUT2D eigenvalue weighted by Crippen LogP contribution is 2.34. The van der Waals surface area contributed by atoms with Gasteiger partial charge in [-0.25, -0.2) is 4.98 Å². The van der Waals surface area contributed by atoms with Gasteiger partial charge < -0.3 is 14.5 Å². The lowest BCUT2D eigenvalue weighted by Gasteiger charge is -2.09. The van der Waals surface area contributed by atoms with Crippen molar-refractivity contribution in [1.29, 1.82) is 0 Å². The molecule has 146 valence electrons. The Balaban J connectivity index is 1.76. The molecule has 29 heavy (non-hydrogen) atoms. The Kier molecular flexibility index (Phi) is 5.22. The fourth-order valence-electron chi connectivity index (χ4n) is 3.12. The van der Waals surface area contributed by atoms with Crippen LogP contribution in [0.4, 0.5) is 11.4 Å². The fraction of sp³-hybridized carbons (Fsp3) is 0.136. The minimum Gasteiger partial charge on any atom is -0.436 e. The first kappa shape index (κ1) is 18.6. The highest BCUT2D eigenvalue weighted by atomic mass is 16.6. The Morgan fingerprint density at radius 3 is 2.66 bits per heavy atom. The van der Waals surface area contributed by atoms with Crippen LogP contribution in [0.1, 0.15) is 0 Å². The second-order valence-corrected chi connectivity index (χ2v) is 6.47. The topological polar surface area (TPSA) is 90.4 Å². The number of hydrogen-bond acceptors (Lipinski definition) is 6. The van der Waals surface area contributed by atoms with Crippen molar-refractivity contribution in [2.75, 3.05) is 25.6 Å². The van der Waals surface area contributed by atoms with Crippen molar-refractivity contribution in [1.82, 2.24) is 4.98 Å². The fourth-order valence-corrected chi connectivity index (χ4v) is 3.12. The summed E-state index contributed by atoms with van der Waals surface area (Å²) in [4.78, 5) is 15.4. The van der Waals surface area contributed by atoms with Crippen molar-refractivity contribution in [2.45, 2.75) is 0 Å². The first-order valence-electron chi connectivity index (χ1n) is 9.13. The number of rotatable bonds is 7. The average Bonchev–Trinajstić information content (AvgIpc) is 3.18. The zero-order valence-electron chi connectivity index (χ0n) is 15.8. The minimum absolute atomic E-state index is 0.0236. The van der Waals surface area contributed by atoms with E-state index >= 15 is 0 Å². The lowest BCUT2D eigenvalue weighted by molar-refractivity contribution is -0.384. The van der Waals surface area contributed by atoms with E-state index in [-0.39, 0.29) is 5.69 Å². The maximum Gasteiger partial charge on any atom is 0.270 e. The molecule has 4 aromatic rings. The molecule has 0 amide bonds. The van der Waals surface area contributed by atoms with Gasteiger partial charge in [0.2, 0.25) is 5.89 Å². The molecule has 0 radical (unpaired) electrons. The van der Waals surface area contributed by atoms with E-state index in [2.05, 4.69) is 10.3 Å². The van der Waals surface area contributed by atoms with E-state index in [1.165, 1.54) is 12.1 Å². The molecule has 0 saturated heterocycles. The number of anilines is 1. The number of nitro groups is 1. The molecule has 0 spiro atoms. The molecule has 1 aromatic heterocycles. The summed E-state index contributed by atoms with van der Waals surface area (Å²) in [6, 6.07) is 20.4. The predicted molar refractivity (Wildman–Crippen MR) is 112 cm³/mol. The van der Waals surface area contributed by atoms with Crippen LogP contribution in [0.15, 0.2) is 71.1 Å². The van der Waals surface area contributed by atoms with Crippen LogP contribution in [0.3, 0.4) is 0 Å². The maximum absolute atomic E-state index is 11.2. The van der Waals surface area contributed by atoms with Crippen LogP contribution in [0.2, 0.25) is 0 Å². The SMILES string of the molecule is COCCNc1ccc([N+](=O)[O-])cc1-c1nc2cc(-c3ccccc3)ccc2o1. The van der Waals surface area contributed by atoms with E-state index in [0.717, 1.165) is 11.1 Å². The second kappa shape index (κ2) is 8.12. The Labute approximate surface area is 167 Å². The van der Waals surface area contributed by atoms with Crippen LogP contribution < -0.4 is 5.32 Å². The smallest absolute Gasteiger partial charge is 0.270 e. The molecule has 4 rings (SSSR count). The predicted octanol–water partition coefficient (Wildman–Crippen LogP) is 5.13. The Hall–Kier alpha value is -3.71. The van der Waals surface area contributed by atoms with Gasteiger partial charge in [-0.1, -0.05) is 36.4 Å². The van der Waals surface area contributed by atoms with Crippen molar-refractivity contribution < 1.29 is 14.1 Å². The van der Waals surface area contributed by atoms with Crippen LogP contribution in [-0.2, 0) is 4.74 Å². The van der Waals surface area contributed by atoms with E-state index < -0.39 is 4.92 Å². The first-order valence-corrected chi connectivity index (χ1v) is 9.13. The van der Waals surface area contributed by atoms with E-state index in [1.54, 1.807) is 13.2 Å². The van der Waals surface area contributed by atoms with Gasteiger partial charge in [-0.05, 0) is 29.3 Å². The number of aromatic nitrogens is 1. The van der Waals surface area contributed by atoms with Gasteiger partial charge in [0, 0.05) is 31.5 Å². The van der Waals surface area contributed by atoms with E-state index in [4.69, 9.17) is 9.15 Å². The summed E-state index contributed by atoms with van der Waals surface area (Å²) in [5.74, 6) is 0.328. The first-order chi connectivity index (χ1) is 14.2. The molecule has 1 heterocycles. The third kappa shape index (κ3) is 3.95. The van der Waals surface area contributed by atoms with Crippen LogP contribution in [0, 0.1) is 10.1 Å². The van der Waals surface area contributed by atoms with E-state index in [9.17, 15) is 10.1 Å². The third-order valence-electron chi connectivity index (χ3n) is 4.56. The number of methoxy groups -OCH3 is 1. The molecule has 0 aliphatic heterocycles. The van der Waals surface area contributed by atoms with Gasteiger partial charge in [0.1, 0.15) is 5.52 Å². The lowest BCUT2D eigenvalue weighted by Crippen LogP contribution is -2.08. The molecule has 0 fully saturated rings. The molecular weight excluding hydrogens is 370 g/mol. The number of fused-ring (bicyclic) bond motifs is 1. The summed E-state index contributed by atoms with van der Waals surface area (Å²) < 4.78 is 11.0. The standard InChI is InChI=1S/C22H19N3O4/c1-28-12-11-23-19-9-8-17(25(26)27)14-18(19)22-24-20-13-16(7-10-21(20)29-22)15-5-3-2-4-6-15/h2-10,13-14,23H,11-12H2,1H3. The summed E-state index contributed by atoms with van der Waals surface area (Å²) in [5, 5.41) is 14.5. The summed E-state index contributed by atoms with van der Waals surface area (Å²) in [7, 11) is 1.61. The van der Waals surface area contributed by atoms with Crippen molar-refractivity contribution in [3.63, 3.8) is 0 Å². The molecule has 0 atom stereocenters. The average molecular weight is 389 g/mol. The Morgan fingerprint density at radius 1 is 1.07 bits per heavy atom. The number of ether oxygens (including phenoxy) is 1. The van der Waals surface area contributed by atoms with Crippen LogP contribution in [-0.4, -0.2) is 30.2 Å². The number of nitro benzene ring substituents is 1. The zero-order valence-corrected chi connectivity index (χ0v) is 15.8. The van der Waals surface area contributed by atoms with Gasteiger partial charge in [0.25, 0.3) is 5.69 Å². The molecule has 7 nitrogen and oxygen atoms in total. The number of hydrogen-bond donors (Lipinski definition) is 1. The molecule has 7 heteroatoms. The van der Waals surface area contributed by atoms with E-state index in [0.29, 0.717) is 41.4 Å². The third-order valence-corrected chi connectivity index (χ3v) is 4.56. The van der Waals surface area contributed by atoms with Gasteiger partial charge in [-0.3, -0.25) is 10.1 Å². The highest BCUT2D eigenvalue weighted by Gasteiger charge is 2.17. The molecule has 3 aromatic carbocycles. The number of nitrogens with one attached hydrogen (secondary N) is 1. The van der Waals surface area contributed by atoms with Crippen LogP contribution in [0.5, 0.6) is 0 Å². The van der Waals surface area contributed by atoms with Gasteiger partial charge >= 0.3 is 0 Å². The molecule has 0 bridgehead atoms. The van der Waals surface area contributed by atoms with Crippen molar-refractivity contribution in [2.24, 2.45) is 0 Å². The largest absolute Gasteiger partial charge is 0.436 e. The Morgan fingerprint density at radius 2 is 1.90 bits per heavy atom. The van der Waals surface area contributed by atoms with Crippen molar-refractivity contribution in [3.05, 3.63) is 76.8 Å². The highest BCUT2D eigenvalue weighted by molar-refractivity contribution is 5.84. The summed E-state index contributed by atoms with van der Waals surface area (Å²) >= 11 is 0. The van der Waals surface area contributed by atoms with Gasteiger partial charge in [-0.2, -0.15) is 0 Å². The van der Waals surface area contributed by atoms with Crippen LogP contribution in [0.25, 0.3) is 33.7 Å². The normalized spacial score (nSPS) is 10.9. The van der Waals surface area contributed by atoms with Crippen LogP contribution >= 0.6 is 0 Å². The zero-order chi connectivity index (χ0) is 20.2. The number of nitrogens with zero attached hydrogens (tertiary/aromatic N) is 2. The van der Waals surface area contributed by atoms with Gasteiger partial charge in [-0.15, -0.1) is 0 Å². The number of benzene rings is 3.